The van der Waals surface area contributed by atoms with Crippen LogP contribution in [-0.4, -0.2) is 37.8 Å². The third-order valence-corrected chi connectivity index (χ3v) is 5.21. The van der Waals surface area contributed by atoms with Gasteiger partial charge >= 0.3 is 5.97 Å². The van der Waals surface area contributed by atoms with Crippen molar-refractivity contribution in [3.63, 3.8) is 0 Å². The molecule has 0 unspecified atom stereocenters. The Morgan fingerprint density at radius 2 is 2.04 bits per heavy atom. The summed E-state index contributed by atoms with van der Waals surface area (Å²) in [5, 5.41) is 4.16. The van der Waals surface area contributed by atoms with Crippen molar-refractivity contribution in [1.82, 2.24) is 14.5 Å². The van der Waals surface area contributed by atoms with Crippen molar-refractivity contribution in [3.05, 3.63) is 72.4 Å². The van der Waals surface area contributed by atoms with E-state index in [9.17, 15) is 13.2 Å². The molecule has 8 nitrogen and oxygen atoms in total. The van der Waals surface area contributed by atoms with E-state index in [1.165, 1.54) is 37.6 Å². The highest BCUT2D eigenvalue weighted by molar-refractivity contribution is 7.89. The molecule has 1 atom stereocenters. The van der Waals surface area contributed by atoms with Crippen LogP contribution in [0.4, 0.5) is 0 Å². The first-order chi connectivity index (χ1) is 12.5. The van der Waals surface area contributed by atoms with Crippen molar-refractivity contribution in [2.45, 2.75) is 10.9 Å². The molecule has 26 heavy (non-hydrogen) atoms. The number of carbonyl (C=O) groups excluding carboxylic acids is 1. The maximum Gasteiger partial charge on any atom is 0.337 e. The number of sulfonamides is 1. The molecule has 2 heterocycles. The van der Waals surface area contributed by atoms with E-state index >= 15 is 0 Å². The first-order valence-corrected chi connectivity index (χ1v) is 9.20. The maximum absolute atomic E-state index is 12.5. The summed E-state index contributed by atoms with van der Waals surface area (Å²) in [5.41, 5.74) is 0.274. The highest BCUT2D eigenvalue weighted by Gasteiger charge is 2.22. The predicted molar refractivity (Wildman–Crippen MR) is 92.0 cm³/mol. The van der Waals surface area contributed by atoms with Gasteiger partial charge in [0.05, 0.1) is 23.8 Å². The second-order valence-corrected chi connectivity index (χ2v) is 7.15. The number of furan rings is 1. The fraction of sp³-hybridized carbons (Fsp3) is 0.176. The molecule has 0 saturated carbocycles. The molecule has 0 radical (unpaired) electrons. The molecular weight excluding hydrogens is 358 g/mol. The normalized spacial score (nSPS) is 12.7. The van der Waals surface area contributed by atoms with E-state index < -0.39 is 22.0 Å². The minimum atomic E-state index is -3.77. The topological polar surface area (TPSA) is 103 Å². The number of carbonyl (C=O) groups is 1. The van der Waals surface area contributed by atoms with Gasteiger partial charge < -0.3 is 9.15 Å². The van der Waals surface area contributed by atoms with E-state index in [-0.39, 0.29) is 17.0 Å². The van der Waals surface area contributed by atoms with E-state index in [1.807, 2.05) is 0 Å². The molecule has 1 N–H and O–H groups in total. The summed E-state index contributed by atoms with van der Waals surface area (Å²) in [5.74, 6) is 0.0518. The summed E-state index contributed by atoms with van der Waals surface area (Å²) in [6.45, 7) is 0.0519. The Bertz CT molecular complexity index is 914. The number of rotatable bonds is 7. The number of nitrogens with one attached hydrogen (secondary N) is 1. The zero-order valence-corrected chi connectivity index (χ0v) is 14.7. The Hall–Kier alpha value is -2.91. The average molecular weight is 375 g/mol. The summed E-state index contributed by atoms with van der Waals surface area (Å²) in [6, 6.07) is 10.3. The Kier molecular flexibility index (Phi) is 5.19. The minimum absolute atomic E-state index is 0.0452. The first kappa shape index (κ1) is 17.9. The molecule has 3 rings (SSSR count). The second-order valence-electron chi connectivity index (χ2n) is 5.39. The van der Waals surface area contributed by atoms with Crippen LogP contribution in [0.25, 0.3) is 0 Å². The van der Waals surface area contributed by atoms with Gasteiger partial charge in [-0.1, -0.05) is 0 Å². The van der Waals surface area contributed by atoms with E-state index in [2.05, 4.69) is 14.6 Å². The molecule has 0 bridgehead atoms. The summed E-state index contributed by atoms with van der Waals surface area (Å²) in [6.07, 6.45) is 4.86. The van der Waals surface area contributed by atoms with Crippen molar-refractivity contribution in [2.24, 2.45) is 0 Å². The number of esters is 1. The molecule has 3 aromatic rings. The van der Waals surface area contributed by atoms with Crippen LogP contribution in [-0.2, 0) is 14.8 Å². The van der Waals surface area contributed by atoms with Gasteiger partial charge in [-0.2, -0.15) is 5.10 Å². The summed E-state index contributed by atoms with van der Waals surface area (Å²) >= 11 is 0. The van der Waals surface area contributed by atoms with Crippen LogP contribution in [0.1, 0.15) is 22.2 Å². The van der Waals surface area contributed by atoms with E-state index in [4.69, 9.17) is 4.42 Å². The van der Waals surface area contributed by atoms with Gasteiger partial charge in [-0.05, 0) is 42.5 Å². The number of nitrogens with zero attached hydrogens (tertiary/aromatic N) is 2. The summed E-state index contributed by atoms with van der Waals surface area (Å²) in [4.78, 5) is 11.5. The number of hydrogen-bond donors (Lipinski definition) is 1. The van der Waals surface area contributed by atoms with Crippen LogP contribution in [0.2, 0.25) is 0 Å². The van der Waals surface area contributed by atoms with E-state index in [0.717, 1.165) is 0 Å². The molecule has 0 spiro atoms. The molecule has 0 amide bonds. The smallest absolute Gasteiger partial charge is 0.337 e. The molecule has 1 aromatic carbocycles. The number of aromatic nitrogens is 2. The highest BCUT2D eigenvalue weighted by Crippen LogP contribution is 2.19. The molecule has 0 saturated heterocycles. The molecular formula is C17H17N3O5S. The van der Waals surface area contributed by atoms with Gasteiger partial charge in [0.15, 0.2) is 0 Å². The standard InChI is InChI=1S/C17H17N3O5S/c1-24-17(21)13-5-7-14(8-6-13)26(22,23)19-12-15(16-4-2-11-25-16)20-10-3-9-18-20/h2-11,15,19H,12H2,1H3/t15-/m1/s1. The number of methoxy groups -OCH3 is 1. The van der Waals surface area contributed by atoms with E-state index in [0.29, 0.717) is 5.76 Å². The largest absolute Gasteiger partial charge is 0.467 e. The van der Waals surface area contributed by atoms with Gasteiger partial charge in [-0.3, -0.25) is 4.68 Å². The average Bonchev–Trinajstić information content (AvgIpc) is 3.36. The molecule has 136 valence electrons. The highest BCUT2D eigenvalue weighted by atomic mass is 32.2. The van der Waals surface area contributed by atoms with Crippen molar-refractivity contribution < 1.29 is 22.4 Å². The molecule has 9 heteroatoms. The lowest BCUT2D eigenvalue weighted by atomic mass is 10.2. The lowest BCUT2D eigenvalue weighted by Gasteiger charge is -2.16. The van der Waals surface area contributed by atoms with Crippen LogP contribution in [0, 0.1) is 0 Å². The Morgan fingerprint density at radius 1 is 1.27 bits per heavy atom. The van der Waals surface area contributed by atoms with Crippen LogP contribution in [0.15, 0.2) is 70.4 Å². The van der Waals surface area contributed by atoms with Crippen molar-refractivity contribution in [1.29, 1.82) is 0 Å². The molecule has 0 aliphatic carbocycles. The zero-order valence-electron chi connectivity index (χ0n) is 13.9. The Labute approximate surface area is 150 Å². The third kappa shape index (κ3) is 3.84. The minimum Gasteiger partial charge on any atom is -0.467 e. The monoisotopic (exact) mass is 375 g/mol. The first-order valence-electron chi connectivity index (χ1n) is 7.72. The number of benzene rings is 1. The van der Waals surface area contributed by atoms with Crippen LogP contribution < -0.4 is 4.72 Å². The fourth-order valence-electron chi connectivity index (χ4n) is 2.43. The maximum atomic E-state index is 12.5. The van der Waals surface area contributed by atoms with Gasteiger partial charge in [0.25, 0.3) is 0 Å². The number of ether oxygens (including phenoxy) is 1. The van der Waals surface area contributed by atoms with Gasteiger partial charge in [-0.15, -0.1) is 0 Å². The molecule has 0 aliphatic heterocycles. The van der Waals surface area contributed by atoms with Crippen molar-refractivity contribution in [2.75, 3.05) is 13.7 Å². The van der Waals surface area contributed by atoms with Crippen LogP contribution in [0.3, 0.4) is 0 Å². The number of hydrogen-bond acceptors (Lipinski definition) is 6. The zero-order chi connectivity index (χ0) is 18.6. The quantitative estimate of drug-likeness (QED) is 0.632. The Balaban J connectivity index is 1.77. The summed E-state index contributed by atoms with van der Waals surface area (Å²) in [7, 11) is -2.51. The fourth-order valence-corrected chi connectivity index (χ4v) is 3.47. The molecule has 0 aliphatic rings. The van der Waals surface area contributed by atoms with E-state index in [1.54, 1.807) is 35.3 Å². The third-order valence-electron chi connectivity index (χ3n) is 3.77. The lowest BCUT2D eigenvalue weighted by molar-refractivity contribution is 0.0600. The van der Waals surface area contributed by atoms with Gasteiger partial charge in [0.1, 0.15) is 11.8 Å². The van der Waals surface area contributed by atoms with Crippen LogP contribution in [0.5, 0.6) is 0 Å². The van der Waals surface area contributed by atoms with Gasteiger partial charge in [0, 0.05) is 18.9 Å². The lowest BCUT2D eigenvalue weighted by Crippen LogP contribution is -2.31. The second kappa shape index (κ2) is 7.54. The van der Waals surface area contributed by atoms with Crippen molar-refractivity contribution in [3.8, 4) is 0 Å². The molecule has 0 fully saturated rings. The summed E-state index contributed by atoms with van der Waals surface area (Å²) < 4.78 is 39.2. The van der Waals surface area contributed by atoms with Crippen molar-refractivity contribution >= 4 is 16.0 Å². The van der Waals surface area contributed by atoms with Crippen LogP contribution >= 0.6 is 0 Å². The Morgan fingerprint density at radius 3 is 2.62 bits per heavy atom. The van der Waals surface area contributed by atoms with Gasteiger partial charge in [0.2, 0.25) is 10.0 Å². The predicted octanol–water partition coefficient (Wildman–Crippen LogP) is 1.83. The SMILES string of the molecule is COC(=O)c1ccc(S(=O)(=O)NC[C@H](c2ccco2)n2cccn2)cc1. The molecule has 2 aromatic heterocycles. The van der Waals surface area contributed by atoms with Gasteiger partial charge in [-0.25, -0.2) is 17.9 Å².